The first-order valence-electron chi connectivity index (χ1n) is 10.5. The lowest BCUT2D eigenvalue weighted by molar-refractivity contribution is 0.516. The molecule has 206 valence electrons. The molecule has 0 aliphatic carbocycles. The molecule has 0 bridgehead atoms. The summed E-state index contributed by atoms with van der Waals surface area (Å²) in [6.07, 6.45) is 0. The second-order valence-corrected chi connectivity index (χ2v) is 17.5. The summed E-state index contributed by atoms with van der Waals surface area (Å²) < 4.78 is 109. The van der Waals surface area contributed by atoms with Crippen molar-refractivity contribution in [3.05, 3.63) is 24.3 Å². The standard InChI is InChI=1S/C20H29N5O8S4/c1-22(2)34(26,27)13-9-15-16-10-14(35(28,29)23(3)4)12-18(37(32,33)25(7)8)20(16)21-19(15)17(11-13)36(30,31)24(5)6/h9-12,21H,1-8H3. The van der Waals surface area contributed by atoms with Crippen molar-refractivity contribution >= 4 is 61.9 Å². The van der Waals surface area contributed by atoms with E-state index in [1.807, 2.05) is 0 Å². The summed E-state index contributed by atoms with van der Waals surface area (Å²) in [5.74, 6) is 0. The third kappa shape index (κ3) is 4.67. The highest BCUT2D eigenvalue weighted by Crippen LogP contribution is 2.38. The Kier molecular flexibility index (Phi) is 7.37. The maximum atomic E-state index is 13.2. The summed E-state index contributed by atoms with van der Waals surface area (Å²) in [6.45, 7) is 0. The van der Waals surface area contributed by atoms with Gasteiger partial charge in [0.15, 0.2) is 0 Å². The summed E-state index contributed by atoms with van der Waals surface area (Å²) in [4.78, 5) is 1.24. The maximum absolute atomic E-state index is 13.2. The van der Waals surface area contributed by atoms with Crippen molar-refractivity contribution in [1.29, 1.82) is 0 Å². The van der Waals surface area contributed by atoms with Gasteiger partial charge in [-0.25, -0.2) is 50.9 Å². The zero-order valence-corrected chi connectivity index (χ0v) is 24.8. The van der Waals surface area contributed by atoms with Gasteiger partial charge >= 0.3 is 0 Å². The van der Waals surface area contributed by atoms with Crippen molar-refractivity contribution in [3.8, 4) is 0 Å². The predicted molar refractivity (Wildman–Crippen MR) is 139 cm³/mol. The van der Waals surface area contributed by atoms with Crippen LogP contribution in [0.25, 0.3) is 21.8 Å². The molecule has 13 nitrogen and oxygen atoms in total. The first-order valence-corrected chi connectivity index (χ1v) is 16.3. The molecule has 0 saturated carbocycles. The average molecular weight is 596 g/mol. The molecule has 2 aromatic carbocycles. The zero-order valence-electron chi connectivity index (χ0n) is 21.5. The van der Waals surface area contributed by atoms with Crippen molar-refractivity contribution in [2.75, 3.05) is 56.4 Å². The molecule has 0 atom stereocenters. The summed E-state index contributed by atoms with van der Waals surface area (Å²) in [6, 6.07) is 4.35. The van der Waals surface area contributed by atoms with Crippen LogP contribution >= 0.6 is 0 Å². The van der Waals surface area contributed by atoms with Crippen LogP contribution in [0.15, 0.2) is 43.8 Å². The van der Waals surface area contributed by atoms with Gasteiger partial charge in [-0.15, -0.1) is 0 Å². The molecule has 0 spiro atoms. The Hall–Kier alpha value is -2.12. The fourth-order valence-corrected chi connectivity index (χ4v) is 7.74. The second-order valence-electron chi connectivity index (χ2n) is 8.96. The van der Waals surface area contributed by atoms with Crippen molar-refractivity contribution in [1.82, 2.24) is 22.2 Å². The van der Waals surface area contributed by atoms with E-state index >= 15 is 0 Å². The minimum atomic E-state index is -4.24. The fourth-order valence-electron chi connectivity index (χ4n) is 3.51. The van der Waals surface area contributed by atoms with Crippen LogP contribution in [0.1, 0.15) is 0 Å². The highest BCUT2D eigenvalue weighted by Gasteiger charge is 2.31. The van der Waals surface area contributed by atoms with Gasteiger partial charge in [-0.3, -0.25) is 0 Å². The van der Waals surface area contributed by atoms with E-state index in [9.17, 15) is 33.7 Å². The molecule has 3 aromatic rings. The molecule has 0 saturated heterocycles. The van der Waals surface area contributed by atoms with Crippen molar-refractivity contribution in [2.24, 2.45) is 0 Å². The van der Waals surface area contributed by atoms with Crippen LogP contribution in [0.2, 0.25) is 0 Å². The minimum absolute atomic E-state index is 0.0179. The molecule has 0 amide bonds. The minimum Gasteiger partial charge on any atom is -0.352 e. The number of nitrogens with zero attached hydrogens (tertiary/aromatic N) is 4. The number of hydrogen-bond acceptors (Lipinski definition) is 8. The maximum Gasteiger partial charge on any atom is 0.244 e. The highest BCUT2D eigenvalue weighted by atomic mass is 32.2. The molecule has 1 N–H and O–H groups in total. The molecule has 3 rings (SSSR count). The van der Waals surface area contributed by atoms with Crippen LogP contribution in [0.5, 0.6) is 0 Å². The van der Waals surface area contributed by atoms with Gasteiger partial charge in [0, 0.05) is 67.2 Å². The number of rotatable bonds is 8. The average Bonchev–Trinajstić information content (AvgIpc) is 3.15. The molecule has 0 aliphatic heterocycles. The second kappa shape index (κ2) is 9.26. The molecule has 37 heavy (non-hydrogen) atoms. The number of benzene rings is 2. The summed E-state index contributed by atoms with van der Waals surface area (Å²) in [5.41, 5.74) is -0.146. The van der Waals surface area contributed by atoms with Crippen LogP contribution in [0.3, 0.4) is 0 Å². The Labute approximate surface area is 217 Å². The van der Waals surface area contributed by atoms with E-state index in [2.05, 4.69) is 4.98 Å². The van der Waals surface area contributed by atoms with Gasteiger partial charge in [0.05, 0.1) is 20.8 Å². The van der Waals surface area contributed by atoms with Gasteiger partial charge in [0.25, 0.3) is 0 Å². The van der Waals surface area contributed by atoms with Crippen molar-refractivity contribution in [2.45, 2.75) is 19.6 Å². The third-order valence-electron chi connectivity index (χ3n) is 5.77. The van der Waals surface area contributed by atoms with Gasteiger partial charge in [0.2, 0.25) is 40.1 Å². The molecule has 0 fully saturated rings. The summed E-state index contributed by atoms with van der Waals surface area (Å²) in [7, 11) is -6.61. The van der Waals surface area contributed by atoms with E-state index in [-0.39, 0.29) is 31.6 Å². The van der Waals surface area contributed by atoms with E-state index in [4.69, 9.17) is 0 Å². The number of sulfonamides is 4. The largest absolute Gasteiger partial charge is 0.352 e. The Morgan fingerprint density at radius 3 is 0.973 bits per heavy atom. The number of aromatic nitrogens is 1. The number of H-pyrrole nitrogens is 1. The molecule has 1 aromatic heterocycles. The van der Waals surface area contributed by atoms with Crippen molar-refractivity contribution < 1.29 is 33.7 Å². The molecule has 0 radical (unpaired) electrons. The first kappa shape index (κ1) is 29.4. The Balaban J connectivity index is 2.73. The monoisotopic (exact) mass is 595 g/mol. The first-order chi connectivity index (χ1) is 16.7. The zero-order chi connectivity index (χ0) is 28.5. The van der Waals surface area contributed by atoms with E-state index in [1.165, 1.54) is 68.5 Å². The van der Waals surface area contributed by atoms with Crippen LogP contribution in [-0.4, -0.2) is 112 Å². The Morgan fingerprint density at radius 2 is 0.730 bits per heavy atom. The summed E-state index contributed by atoms with van der Waals surface area (Å²) >= 11 is 0. The van der Waals surface area contributed by atoms with Gasteiger partial charge in [0.1, 0.15) is 9.79 Å². The van der Waals surface area contributed by atoms with E-state index in [1.54, 1.807) is 0 Å². The van der Waals surface area contributed by atoms with Crippen LogP contribution in [0.4, 0.5) is 0 Å². The number of nitrogens with one attached hydrogen (secondary N) is 1. The molecule has 1 heterocycles. The molecule has 0 aliphatic rings. The fraction of sp³-hybridized carbons (Fsp3) is 0.400. The van der Waals surface area contributed by atoms with Gasteiger partial charge in [-0.2, -0.15) is 0 Å². The van der Waals surface area contributed by atoms with Gasteiger partial charge in [-0.05, 0) is 24.3 Å². The lowest BCUT2D eigenvalue weighted by Crippen LogP contribution is -2.25. The topological polar surface area (TPSA) is 165 Å². The number of fused-ring (bicyclic) bond motifs is 3. The Bertz CT molecular complexity index is 1700. The quantitative estimate of drug-likeness (QED) is 0.389. The number of hydrogen-bond donors (Lipinski definition) is 1. The molecular formula is C20H29N5O8S4. The lowest BCUT2D eigenvalue weighted by atomic mass is 10.1. The van der Waals surface area contributed by atoms with E-state index in [0.717, 1.165) is 29.4 Å². The predicted octanol–water partition coefficient (Wildman–Crippen LogP) is 0.322. The van der Waals surface area contributed by atoms with E-state index < -0.39 is 49.9 Å². The van der Waals surface area contributed by atoms with Gasteiger partial charge < -0.3 is 4.98 Å². The van der Waals surface area contributed by atoms with Crippen molar-refractivity contribution in [3.63, 3.8) is 0 Å². The SMILES string of the molecule is CN(C)S(=O)(=O)c1cc(S(=O)(=O)N(C)C)c2[nH]c3c(S(=O)(=O)N(C)C)cc(S(=O)(=O)N(C)C)cc3c2c1. The van der Waals surface area contributed by atoms with Crippen LogP contribution < -0.4 is 0 Å². The van der Waals surface area contributed by atoms with Crippen LogP contribution in [-0.2, 0) is 40.1 Å². The molecule has 0 unspecified atom stereocenters. The number of aromatic amines is 1. The highest BCUT2D eigenvalue weighted by molar-refractivity contribution is 7.90. The van der Waals surface area contributed by atoms with Gasteiger partial charge in [-0.1, -0.05) is 0 Å². The third-order valence-corrected chi connectivity index (χ3v) is 13.0. The normalized spacial score (nSPS) is 14.2. The molecular weight excluding hydrogens is 567 g/mol. The van der Waals surface area contributed by atoms with E-state index in [0.29, 0.717) is 0 Å². The smallest absolute Gasteiger partial charge is 0.244 e. The molecule has 17 heteroatoms. The van der Waals surface area contributed by atoms with Crippen LogP contribution in [0, 0.1) is 0 Å². The lowest BCUT2D eigenvalue weighted by Gasteiger charge is -2.16. The Morgan fingerprint density at radius 1 is 0.459 bits per heavy atom. The summed E-state index contributed by atoms with van der Waals surface area (Å²) in [5, 5.41) is 0.0359.